The molecular weight excluding hydrogens is 244 g/mol. The van der Waals surface area contributed by atoms with E-state index >= 15 is 0 Å². The smallest absolute Gasteiger partial charge is 0.337 e. The van der Waals surface area contributed by atoms with Crippen LogP contribution in [0.4, 0.5) is 0 Å². The van der Waals surface area contributed by atoms with Crippen LogP contribution in [0.2, 0.25) is 0 Å². The molecule has 2 aromatic rings. The second-order valence-corrected chi connectivity index (χ2v) is 4.49. The minimum Gasteiger partial charge on any atom is -0.486 e. The van der Waals surface area contributed by atoms with Crippen LogP contribution in [0, 0.1) is 0 Å². The summed E-state index contributed by atoms with van der Waals surface area (Å²) in [6, 6.07) is 11.3. The van der Waals surface area contributed by atoms with E-state index in [0.29, 0.717) is 18.8 Å². The van der Waals surface area contributed by atoms with Gasteiger partial charge in [0.25, 0.3) is 0 Å². The van der Waals surface area contributed by atoms with Crippen molar-refractivity contribution < 1.29 is 19.0 Å². The Kier molecular flexibility index (Phi) is 3.09. The van der Waals surface area contributed by atoms with Crippen molar-refractivity contribution in [2.75, 3.05) is 20.3 Å². The summed E-state index contributed by atoms with van der Waals surface area (Å²) in [6.07, 6.45) is 0.159. The lowest BCUT2D eigenvalue weighted by molar-refractivity contribution is -0.0796. The predicted octanol–water partition coefficient (Wildman–Crippen LogP) is 2.40. The Bertz CT molecular complexity index is 617. The highest BCUT2D eigenvalue weighted by Crippen LogP contribution is 2.24. The van der Waals surface area contributed by atoms with E-state index in [2.05, 4.69) is 0 Å². The SMILES string of the molecule is COC(=O)c1ccc2cc(OC3COC3)ccc2c1. The maximum atomic E-state index is 11.5. The average Bonchev–Trinajstić information content (AvgIpc) is 2.41. The Balaban J connectivity index is 1.89. The fraction of sp³-hybridized carbons (Fsp3) is 0.267. The highest BCUT2D eigenvalue weighted by atomic mass is 16.6. The molecule has 19 heavy (non-hydrogen) atoms. The van der Waals surface area contributed by atoms with Gasteiger partial charge in [-0.15, -0.1) is 0 Å². The summed E-state index contributed by atoms with van der Waals surface area (Å²) < 4.78 is 15.5. The summed E-state index contributed by atoms with van der Waals surface area (Å²) in [4.78, 5) is 11.5. The van der Waals surface area contributed by atoms with E-state index in [4.69, 9.17) is 14.2 Å². The van der Waals surface area contributed by atoms with Crippen molar-refractivity contribution in [2.45, 2.75) is 6.10 Å². The molecule has 1 fully saturated rings. The van der Waals surface area contributed by atoms with E-state index in [1.54, 1.807) is 6.07 Å². The minimum absolute atomic E-state index is 0.159. The van der Waals surface area contributed by atoms with Gasteiger partial charge in [0.1, 0.15) is 11.9 Å². The van der Waals surface area contributed by atoms with Crippen LogP contribution in [0.1, 0.15) is 10.4 Å². The molecular formula is C15H14O4. The largest absolute Gasteiger partial charge is 0.486 e. The monoisotopic (exact) mass is 258 g/mol. The van der Waals surface area contributed by atoms with Crippen LogP contribution in [0.3, 0.4) is 0 Å². The van der Waals surface area contributed by atoms with Crippen LogP contribution >= 0.6 is 0 Å². The van der Waals surface area contributed by atoms with Crippen LogP contribution in [0.5, 0.6) is 5.75 Å². The molecule has 0 amide bonds. The van der Waals surface area contributed by atoms with Gasteiger partial charge in [-0.05, 0) is 35.0 Å². The fourth-order valence-electron chi connectivity index (χ4n) is 2.02. The molecule has 0 saturated carbocycles. The topological polar surface area (TPSA) is 44.8 Å². The zero-order chi connectivity index (χ0) is 13.2. The van der Waals surface area contributed by atoms with Gasteiger partial charge < -0.3 is 14.2 Å². The fourth-order valence-corrected chi connectivity index (χ4v) is 2.02. The summed E-state index contributed by atoms with van der Waals surface area (Å²) in [5.74, 6) is 0.500. The molecule has 0 unspecified atom stereocenters. The van der Waals surface area contributed by atoms with Gasteiger partial charge in [0, 0.05) is 0 Å². The number of carbonyl (C=O) groups excluding carboxylic acids is 1. The molecule has 2 aromatic carbocycles. The van der Waals surface area contributed by atoms with E-state index < -0.39 is 0 Å². The Labute approximate surface area is 110 Å². The van der Waals surface area contributed by atoms with Crippen molar-refractivity contribution in [1.29, 1.82) is 0 Å². The van der Waals surface area contributed by atoms with Gasteiger partial charge in [0.05, 0.1) is 25.9 Å². The lowest BCUT2D eigenvalue weighted by atomic mass is 10.1. The third-order valence-corrected chi connectivity index (χ3v) is 3.14. The Hall–Kier alpha value is -2.07. The molecule has 1 heterocycles. The van der Waals surface area contributed by atoms with Crippen LogP contribution in [0.25, 0.3) is 10.8 Å². The number of esters is 1. The van der Waals surface area contributed by atoms with Gasteiger partial charge in [-0.3, -0.25) is 0 Å². The number of methoxy groups -OCH3 is 1. The Morgan fingerprint density at radius 2 is 1.89 bits per heavy atom. The van der Waals surface area contributed by atoms with Gasteiger partial charge in [-0.2, -0.15) is 0 Å². The second-order valence-electron chi connectivity index (χ2n) is 4.49. The molecule has 4 heteroatoms. The lowest BCUT2D eigenvalue weighted by Crippen LogP contribution is -2.38. The summed E-state index contributed by atoms with van der Waals surface area (Å²) >= 11 is 0. The molecule has 3 rings (SSSR count). The van der Waals surface area contributed by atoms with Crippen molar-refractivity contribution in [3.05, 3.63) is 42.0 Å². The second kappa shape index (κ2) is 4.90. The highest BCUT2D eigenvalue weighted by Gasteiger charge is 2.20. The van der Waals surface area contributed by atoms with Crippen molar-refractivity contribution in [3.63, 3.8) is 0 Å². The maximum absolute atomic E-state index is 11.5. The first-order valence-corrected chi connectivity index (χ1v) is 6.13. The summed E-state index contributed by atoms with van der Waals surface area (Å²) in [5, 5.41) is 2.02. The van der Waals surface area contributed by atoms with E-state index in [0.717, 1.165) is 16.5 Å². The van der Waals surface area contributed by atoms with Crippen LogP contribution in [0.15, 0.2) is 36.4 Å². The zero-order valence-corrected chi connectivity index (χ0v) is 10.6. The number of ether oxygens (including phenoxy) is 3. The molecule has 0 aliphatic carbocycles. The van der Waals surface area contributed by atoms with E-state index in [1.807, 2.05) is 30.3 Å². The van der Waals surface area contributed by atoms with E-state index in [-0.39, 0.29) is 12.1 Å². The van der Waals surface area contributed by atoms with Gasteiger partial charge >= 0.3 is 5.97 Å². The third kappa shape index (κ3) is 2.39. The van der Waals surface area contributed by atoms with Gasteiger partial charge in [-0.1, -0.05) is 12.1 Å². The Morgan fingerprint density at radius 3 is 2.58 bits per heavy atom. The molecule has 0 N–H and O–H groups in total. The predicted molar refractivity (Wildman–Crippen MR) is 70.5 cm³/mol. The third-order valence-electron chi connectivity index (χ3n) is 3.14. The Morgan fingerprint density at radius 1 is 1.16 bits per heavy atom. The molecule has 0 radical (unpaired) electrons. The van der Waals surface area contributed by atoms with Crippen molar-refractivity contribution in [3.8, 4) is 5.75 Å². The molecule has 1 aliphatic heterocycles. The van der Waals surface area contributed by atoms with Crippen molar-refractivity contribution in [2.24, 2.45) is 0 Å². The summed E-state index contributed by atoms with van der Waals surface area (Å²) in [6.45, 7) is 1.30. The number of hydrogen-bond donors (Lipinski definition) is 0. The van der Waals surface area contributed by atoms with Crippen molar-refractivity contribution in [1.82, 2.24) is 0 Å². The average molecular weight is 258 g/mol. The molecule has 1 saturated heterocycles. The number of fused-ring (bicyclic) bond motifs is 1. The maximum Gasteiger partial charge on any atom is 0.337 e. The van der Waals surface area contributed by atoms with Crippen LogP contribution in [-0.4, -0.2) is 32.4 Å². The van der Waals surface area contributed by atoms with Crippen LogP contribution < -0.4 is 4.74 Å². The first-order chi connectivity index (χ1) is 9.26. The first kappa shape index (κ1) is 12.0. The molecule has 0 atom stereocenters. The van der Waals surface area contributed by atoms with Gasteiger partial charge in [0.15, 0.2) is 0 Å². The van der Waals surface area contributed by atoms with E-state index in [9.17, 15) is 4.79 Å². The number of benzene rings is 2. The highest BCUT2D eigenvalue weighted by molar-refractivity contribution is 5.95. The summed E-state index contributed by atoms with van der Waals surface area (Å²) in [7, 11) is 1.38. The number of carbonyl (C=O) groups is 1. The van der Waals surface area contributed by atoms with Gasteiger partial charge in [0.2, 0.25) is 0 Å². The normalized spacial score (nSPS) is 15.0. The first-order valence-electron chi connectivity index (χ1n) is 6.13. The number of hydrogen-bond acceptors (Lipinski definition) is 4. The molecule has 98 valence electrons. The number of rotatable bonds is 3. The molecule has 0 bridgehead atoms. The lowest BCUT2D eigenvalue weighted by Gasteiger charge is -2.26. The van der Waals surface area contributed by atoms with Crippen LogP contribution in [-0.2, 0) is 9.47 Å². The van der Waals surface area contributed by atoms with Crippen molar-refractivity contribution >= 4 is 16.7 Å². The molecule has 4 nitrogen and oxygen atoms in total. The molecule has 0 spiro atoms. The zero-order valence-electron chi connectivity index (χ0n) is 10.6. The van der Waals surface area contributed by atoms with E-state index in [1.165, 1.54) is 7.11 Å². The standard InChI is InChI=1S/C15H14O4/c1-17-15(16)12-3-2-11-7-13(5-4-10(11)6-12)19-14-8-18-9-14/h2-7,14H,8-9H2,1H3. The molecule has 0 aromatic heterocycles. The quantitative estimate of drug-likeness (QED) is 0.793. The summed E-state index contributed by atoms with van der Waals surface area (Å²) in [5.41, 5.74) is 0.552. The molecule has 1 aliphatic rings. The van der Waals surface area contributed by atoms with Gasteiger partial charge in [-0.25, -0.2) is 4.79 Å². The minimum atomic E-state index is -0.325.